The lowest BCUT2D eigenvalue weighted by atomic mass is 10.1. The Labute approximate surface area is 165 Å². The van der Waals surface area contributed by atoms with Crippen LogP contribution in [-0.4, -0.2) is 49.9 Å². The van der Waals surface area contributed by atoms with Crippen molar-refractivity contribution in [2.75, 3.05) is 33.0 Å². The second kappa shape index (κ2) is 8.87. The number of alkyl halides is 3. The first-order chi connectivity index (χ1) is 13.7. The number of pyridine rings is 1. The SMILES string of the molecule is Cc1c(-c2ccc(OCC(F)(F)F)cc2)n(C)c(OC[C@H]2COCCO2)cc1=O. The molecule has 0 radical (unpaired) electrons. The van der Waals surface area contributed by atoms with Crippen LogP contribution in [-0.2, 0) is 16.5 Å². The van der Waals surface area contributed by atoms with Crippen molar-refractivity contribution >= 4 is 0 Å². The van der Waals surface area contributed by atoms with Gasteiger partial charge in [0.1, 0.15) is 18.5 Å². The fourth-order valence-corrected chi connectivity index (χ4v) is 3.03. The normalized spacial score (nSPS) is 17.2. The summed E-state index contributed by atoms with van der Waals surface area (Å²) >= 11 is 0. The number of hydrogen-bond donors (Lipinski definition) is 0. The minimum atomic E-state index is -4.40. The Morgan fingerprint density at radius 3 is 2.52 bits per heavy atom. The average Bonchev–Trinajstić information content (AvgIpc) is 2.69. The highest BCUT2D eigenvalue weighted by atomic mass is 19.4. The van der Waals surface area contributed by atoms with E-state index in [2.05, 4.69) is 0 Å². The van der Waals surface area contributed by atoms with Gasteiger partial charge in [-0.3, -0.25) is 4.79 Å². The lowest BCUT2D eigenvalue weighted by molar-refractivity contribution is -0.153. The Morgan fingerprint density at radius 2 is 1.90 bits per heavy atom. The minimum absolute atomic E-state index is 0.0931. The highest BCUT2D eigenvalue weighted by molar-refractivity contribution is 5.65. The summed E-state index contributed by atoms with van der Waals surface area (Å²) in [5.41, 5.74) is 1.56. The molecule has 2 heterocycles. The van der Waals surface area contributed by atoms with Crippen LogP contribution in [0.15, 0.2) is 35.1 Å². The van der Waals surface area contributed by atoms with E-state index in [-0.39, 0.29) is 23.9 Å². The van der Waals surface area contributed by atoms with Gasteiger partial charge in [-0.1, -0.05) is 0 Å². The van der Waals surface area contributed by atoms with E-state index in [0.29, 0.717) is 42.5 Å². The number of aromatic nitrogens is 1. The van der Waals surface area contributed by atoms with Crippen molar-refractivity contribution in [3.8, 4) is 22.9 Å². The molecule has 1 atom stereocenters. The largest absolute Gasteiger partial charge is 0.484 e. The van der Waals surface area contributed by atoms with Gasteiger partial charge >= 0.3 is 6.18 Å². The molecule has 1 aromatic heterocycles. The van der Waals surface area contributed by atoms with E-state index in [9.17, 15) is 18.0 Å². The molecule has 0 aliphatic carbocycles. The number of benzene rings is 1. The Hall–Kier alpha value is -2.52. The Balaban J connectivity index is 1.80. The number of hydrogen-bond acceptors (Lipinski definition) is 5. The minimum Gasteiger partial charge on any atom is -0.484 e. The summed E-state index contributed by atoms with van der Waals surface area (Å²) in [5.74, 6) is 0.456. The molecule has 1 saturated heterocycles. The van der Waals surface area contributed by atoms with Crippen LogP contribution < -0.4 is 14.9 Å². The van der Waals surface area contributed by atoms with Crippen molar-refractivity contribution in [3.63, 3.8) is 0 Å². The van der Waals surface area contributed by atoms with E-state index in [1.165, 1.54) is 18.2 Å². The molecule has 9 heteroatoms. The van der Waals surface area contributed by atoms with Crippen molar-refractivity contribution in [2.24, 2.45) is 7.05 Å². The van der Waals surface area contributed by atoms with Crippen molar-refractivity contribution in [3.05, 3.63) is 46.1 Å². The third-order valence-corrected chi connectivity index (χ3v) is 4.48. The summed E-state index contributed by atoms with van der Waals surface area (Å²) in [6, 6.07) is 7.49. The van der Waals surface area contributed by atoms with Crippen molar-refractivity contribution < 1.29 is 32.1 Å². The third kappa shape index (κ3) is 5.51. The summed E-state index contributed by atoms with van der Waals surface area (Å²) in [5, 5.41) is 0. The van der Waals surface area contributed by atoms with Gasteiger partial charge in [-0.15, -0.1) is 0 Å². The van der Waals surface area contributed by atoms with Crippen LogP contribution >= 0.6 is 0 Å². The molecule has 1 aromatic carbocycles. The lowest BCUT2D eigenvalue weighted by Gasteiger charge is -2.24. The smallest absolute Gasteiger partial charge is 0.422 e. The Kier molecular flexibility index (Phi) is 6.49. The molecule has 2 aromatic rings. The topological polar surface area (TPSA) is 58.9 Å². The molecule has 0 saturated carbocycles. The molecule has 0 N–H and O–H groups in total. The van der Waals surface area contributed by atoms with Gasteiger partial charge in [0.25, 0.3) is 0 Å². The maximum Gasteiger partial charge on any atom is 0.422 e. The van der Waals surface area contributed by atoms with Crippen LogP contribution in [0, 0.1) is 6.92 Å². The summed E-state index contributed by atoms with van der Waals surface area (Å²) in [6.07, 6.45) is -4.62. The van der Waals surface area contributed by atoms with Crippen LogP contribution in [0.5, 0.6) is 11.6 Å². The molecule has 0 unspecified atom stereocenters. The van der Waals surface area contributed by atoms with Crippen LogP contribution in [0.3, 0.4) is 0 Å². The van der Waals surface area contributed by atoms with E-state index in [4.69, 9.17) is 18.9 Å². The summed E-state index contributed by atoms with van der Waals surface area (Å²) in [6.45, 7) is 2.03. The second-order valence-electron chi connectivity index (χ2n) is 6.69. The quantitative estimate of drug-likeness (QED) is 0.729. The van der Waals surface area contributed by atoms with Gasteiger partial charge in [-0.25, -0.2) is 0 Å². The number of halogens is 3. The molecular formula is C20H22F3NO5. The number of ether oxygens (including phenoxy) is 4. The fraction of sp³-hybridized carbons (Fsp3) is 0.450. The Bertz CT molecular complexity index is 887. The lowest BCUT2D eigenvalue weighted by Crippen LogP contribution is -2.34. The van der Waals surface area contributed by atoms with E-state index < -0.39 is 12.8 Å². The maximum atomic E-state index is 12.4. The molecule has 0 amide bonds. The zero-order valence-corrected chi connectivity index (χ0v) is 16.1. The highest BCUT2D eigenvalue weighted by Crippen LogP contribution is 2.27. The van der Waals surface area contributed by atoms with Crippen LogP contribution in [0.2, 0.25) is 0 Å². The van der Waals surface area contributed by atoms with E-state index >= 15 is 0 Å². The molecule has 0 bridgehead atoms. The summed E-state index contributed by atoms with van der Waals surface area (Å²) in [4.78, 5) is 12.4. The van der Waals surface area contributed by atoms with E-state index in [0.717, 1.165) is 0 Å². The summed E-state index contributed by atoms with van der Waals surface area (Å²) in [7, 11) is 1.75. The predicted molar refractivity (Wildman–Crippen MR) is 99.5 cm³/mol. The number of rotatable bonds is 6. The van der Waals surface area contributed by atoms with Crippen LogP contribution in [0.25, 0.3) is 11.3 Å². The summed E-state index contributed by atoms with van der Waals surface area (Å²) < 4.78 is 60.0. The molecule has 1 aliphatic rings. The van der Waals surface area contributed by atoms with Crippen molar-refractivity contribution in [2.45, 2.75) is 19.2 Å². The Morgan fingerprint density at radius 1 is 1.17 bits per heavy atom. The average molecular weight is 413 g/mol. The zero-order valence-electron chi connectivity index (χ0n) is 16.1. The van der Waals surface area contributed by atoms with E-state index in [1.807, 2.05) is 0 Å². The molecule has 1 fully saturated rings. The second-order valence-corrected chi connectivity index (χ2v) is 6.69. The van der Waals surface area contributed by atoms with Gasteiger partial charge in [-0.05, 0) is 36.8 Å². The molecule has 0 spiro atoms. The van der Waals surface area contributed by atoms with Gasteiger partial charge in [0.05, 0.1) is 25.5 Å². The molecule has 29 heavy (non-hydrogen) atoms. The molecule has 158 valence electrons. The standard InChI is InChI=1S/C20H22F3NO5/c1-13-17(25)9-18(28-11-16-10-26-7-8-27-16)24(2)19(13)14-3-5-15(6-4-14)29-12-20(21,22)23/h3-6,9,16H,7-8,10-12H2,1-2H3/t16-/m1/s1. The van der Waals surface area contributed by atoms with Gasteiger partial charge in [0, 0.05) is 18.7 Å². The third-order valence-electron chi connectivity index (χ3n) is 4.48. The molecule has 3 rings (SSSR count). The first-order valence-electron chi connectivity index (χ1n) is 9.07. The van der Waals surface area contributed by atoms with Crippen molar-refractivity contribution in [1.29, 1.82) is 0 Å². The van der Waals surface area contributed by atoms with Gasteiger partial charge in [-0.2, -0.15) is 13.2 Å². The van der Waals surface area contributed by atoms with Crippen molar-refractivity contribution in [1.82, 2.24) is 4.57 Å². The van der Waals surface area contributed by atoms with Crippen LogP contribution in [0.1, 0.15) is 5.56 Å². The van der Waals surface area contributed by atoms with E-state index in [1.54, 1.807) is 30.7 Å². The monoisotopic (exact) mass is 413 g/mol. The van der Waals surface area contributed by atoms with Gasteiger partial charge in [0.15, 0.2) is 17.9 Å². The van der Waals surface area contributed by atoms with Gasteiger partial charge in [0.2, 0.25) is 0 Å². The fourth-order valence-electron chi connectivity index (χ4n) is 3.03. The molecular weight excluding hydrogens is 391 g/mol. The molecule has 1 aliphatic heterocycles. The highest BCUT2D eigenvalue weighted by Gasteiger charge is 2.28. The first-order valence-corrected chi connectivity index (χ1v) is 9.07. The maximum absolute atomic E-state index is 12.4. The van der Waals surface area contributed by atoms with Gasteiger partial charge < -0.3 is 23.5 Å². The predicted octanol–water partition coefficient (Wildman–Crippen LogP) is 3.10. The first kappa shape index (κ1) is 21.2. The molecule has 6 nitrogen and oxygen atoms in total. The number of nitrogens with zero attached hydrogens (tertiary/aromatic N) is 1. The van der Waals surface area contributed by atoms with Crippen LogP contribution in [0.4, 0.5) is 13.2 Å². The zero-order chi connectivity index (χ0) is 21.0.